The summed E-state index contributed by atoms with van der Waals surface area (Å²) in [6.07, 6.45) is 2.34. The van der Waals surface area contributed by atoms with E-state index in [1.165, 1.54) is 6.20 Å². The van der Waals surface area contributed by atoms with E-state index in [-0.39, 0.29) is 23.6 Å². The number of carbonyl (C=O) groups is 1. The Labute approximate surface area is 201 Å². The van der Waals surface area contributed by atoms with Crippen molar-refractivity contribution < 1.29 is 18.3 Å². The molecule has 2 atom stereocenters. The number of hydrogen-bond acceptors (Lipinski definition) is 7. The fourth-order valence-corrected chi connectivity index (χ4v) is 4.59. The van der Waals surface area contributed by atoms with E-state index in [2.05, 4.69) is 25.9 Å². The van der Waals surface area contributed by atoms with E-state index < -0.39 is 24.1 Å². The number of carbonyl (C=O) groups excluding carboxylic acids is 1. The van der Waals surface area contributed by atoms with Gasteiger partial charge in [0.1, 0.15) is 24.3 Å². The summed E-state index contributed by atoms with van der Waals surface area (Å²) < 4.78 is 35.1. The summed E-state index contributed by atoms with van der Waals surface area (Å²) in [5.74, 6) is 0.148. The number of fused-ring (bicyclic) bond motifs is 2. The molecule has 0 unspecified atom stereocenters. The first-order chi connectivity index (χ1) is 16.8. The first-order valence-corrected chi connectivity index (χ1v) is 11.5. The van der Waals surface area contributed by atoms with Crippen LogP contribution < -0.4 is 26.4 Å². The molecular weight excluding hydrogens is 456 g/mol. The SMILES string of the molecule is Cc1c(-c2cc3cc(NC(=O)N[C@@H]4CCN(C)C[C@H]4F)ncc3c(N)c2F)cnc2c1NCCO2. The van der Waals surface area contributed by atoms with Gasteiger partial charge in [-0.05, 0) is 43.5 Å². The van der Waals surface area contributed by atoms with E-state index in [4.69, 9.17) is 10.5 Å². The molecule has 5 rings (SSSR count). The van der Waals surface area contributed by atoms with Gasteiger partial charge in [-0.1, -0.05) is 0 Å². The van der Waals surface area contributed by atoms with Gasteiger partial charge in [0.25, 0.3) is 0 Å². The Hall–Kier alpha value is -3.73. The number of benzene rings is 1. The molecule has 1 saturated heterocycles. The van der Waals surface area contributed by atoms with Crippen LogP contribution in [0.4, 0.5) is 30.8 Å². The molecule has 0 saturated carbocycles. The first kappa shape index (κ1) is 23.0. The number of piperidine rings is 1. The van der Waals surface area contributed by atoms with Gasteiger partial charge in [0.15, 0.2) is 5.82 Å². The minimum absolute atomic E-state index is 0.0473. The van der Waals surface area contributed by atoms with Crippen LogP contribution in [-0.4, -0.2) is 66.4 Å². The molecule has 2 aromatic heterocycles. The quantitative estimate of drug-likeness (QED) is 0.422. The molecule has 0 spiro atoms. The highest BCUT2D eigenvalue weighted by Gasteiger charge is 2.29. The number of amides is 2. The van der Waals surface area contributed by atoms with Crippen LogP contribution in [-0.2, 0) is 0 Å². The van der Waals surface area contributed by atoms with Crippen molar-refractivity contribution in [1.29, 1.82) is 0 Å². The Morgan fingerprint density at radius 1 is 1.29 bits per heavy atom. The molecule has 2 aliphatic rings. The van der Waals surface area contributed by atoms with Gasteiger partial charge in [-0.25, -0.2) is 23.5 Å². The lowest BCUT2D eigenvalue weighted by Crippen LogP contribution is -2.52. The topological polar surface area (TPSA) is 117 Å². The van der Waals surface area contributed by atoms with Crippen LogP contribution in [0.1, 0.15) is 12.0 Å². The summed E-state index contributed by atoms with van der Waals surface area (Å²) in [6.45, 7) is 3.97. The number of nitrogen functional groups attached to an aromatic ring is 1. The third-order valence-electron chi connectivity index (χ3n) is 6.54. The van der Waals surface area contributed by atoms with Crippen molar-refractivity contribution in [3.8, 4) is 17.0 Å². The number of anilines is 3. The summed E-state index contributed by atoms with van der Waals surface area (Å²) in [6, 6.07) is 2.14. The van der Waals surface area contributed by atoms with Gasteiger partial charge >= 0.3 is 6.03 Å². The van der Waals surface area contributed by atoms with Crippen LogP contribution in [0.15, 0.2) is 24.5 Å². The van der Waals surface area contributed by atoms with Crippen LogP contribution >= 0.6 is 0 Å². The summed E-state index contributed by atoms with van der Waals surface area (Å²) in [4.78, 5) is 22.9. The maximum atomic E-state index is 15.3. The Morgan fingerprint density at radius 2 is 2.11 bits per heavy atom. The van der Waals surface area contributed by atoms with Crippen molar-refractivity contribution in [2.24, 2.45) is 0 Å². The number of alkyl halides is 1. The zero-order valence-corrected chi connectivity index (χ0v) is 19.5. The van der Waals surface area contributed by atoms with Gasteiger partial charge in [0.05, 0.1) is 11.7 Å². The molecule has 2 amide bonds. The lowest BCUT2D eigenvalue weighted by atomic mass is 9.97. The van der Waals surface area contributed by atoms with Crippen molar-refractivity contribution in [3.63, 3.8) is 0 Å². The van der Waals surface area contributed by atoms with E-state index in [9.17, 15) is 9.18 Å². The second-order valence-corrected chi connectivity index (χ2v) is 8.97. The number of aromatic nitrogens is 2. The number of nitrogens with two attached hydrogens (primary N) is 1. The molecule has 0 radical (unpaired) electrons. The summed E-state index contributed by atoms with van der Waals surface area (Å²) >= 11 is 0. The normalized spacial score (nSPS) is 20.0. The van der Waals surface area contributed by atoms with E-state index in [1.54, 1.807) is 18.3 Å². The molecule has 11 heteroatoms. The Balaban J connectivity index is 1.43. The van der Waals surface area contributed by atoms with Crippen LogP contribution in [0.5, 0.6) is 5.88 Å². The number of urea groups is 1. The molecule has 2 aliphatic heterocycles. The van der Waals surface area contributed by atoms with E-state index in [0.717, 1.165) is 11.3 Å². The minimum atomic E-state index is -1.15. The zero-order valence-electron chi connectivity index (χ0n) is 19.5. The maximum absolute atomic E-state index is 15.3. The van der Waals surface area contributed by atoms with Gasteiger partial charge in [-0.2, -0.15) is 0 Å². The van der Waals surface area contributed by atoms with Crippen molar-refractivity contribution in [2.75, 3.05) is 49.7 Å². The van der Waals surface area contributed by atoms with Gasteiger partial charge in [-0.15, -0.1) is 0 Å². The van der Waals surface area contributed by atoms with Crippen molar-refractivity contribution >= 4 is 34.0 Å². The molecule has 0 aliphatic carbocycles. The predicted octanol–water partition coefficient (Wildman–Crippen LogP) is 3.29. The molecule has 35 heavy (non-hydrogen) atoms. The fraction of sp³-hybridized carbons (Fsp3) is 0.375. The summed E-state index contributed by atoms with van der Waals surface area (Å²) in [5, 5.41) is 9.58. The highest BCUT2D eigenvalue weighted by atomic mass is 19.1. The Morgan fingerprint density at radius 3 is 2.91 bits per heavy atom. The molecule has 184 valence electrons. The van der Waals surface area contributed by atoms with Gasteiger partial charge < -0.3 is 26.0 Å². The average molecular weight is 484 g/mol. The van der Waals surface area contributed by atoms with Crippen LogP contribution in [0.2, 0.25) is 0 Å². The molecule has 1 fully saturated rings. The lowest BCUT2D eigenvalue weighted by molar-refractivity contribution is 0.127. The summed E-state index contributed by atoms with van der Waals surface area (Å²) in [7, 11) is 1.84. The third-order valence-corrected chi connectivity index (χ3v) is 6.54. The number of hydrogen-bond donors (Lipinski definition) is 4. The average Bonchev–Trinajstić information content (AvgIpc) is 2.84. The predicted molar refractivity (Wildman–Crippen MR) is 131 cm³/mol. The smallest absolute Gasteiger partial charge is 0.320 e. The van der Waals surface area contributed by atoms with Crippen LogP contribution in [0.3, 0.4) is 0 Å². The number of ether oxygens (including phenoxy) is 1. The lowest BCUT2D eigenvalue weighted by Gasteiger charge is -2.32. The highest BCUT2D eigenvalue weighted by Crippen LogP contribution is 2.39. The number of pyridine rings is 2. The van der Waals surface area contributed by atoms with Gasteiger partial charge in [0, 0.05) is 48.5 Å². The van der Waals surface area contributed by atoms with E-state index in [0.29, 0.717) is 48.3 Å². The molecule has 5 N–H and O–H groups in total. The number of nitrogens with one attached hydrogen (secondary N) is 3. The number of likely N-dealkylation sites (tertiary alicyclic amines) is 1. The monoisotopic (exact) mass is 483 g/mol. The van der Waals surface area contributed by atoms with Crippen molar-refractivity contribution in [3.05, 3.63) is 35.9 Å². The first-order valence-electron chi connectivity index (χ1n) is 11.5. The number of halogens is 2. The zero-order chi connectivity index (χ0) is 24.7. The fourth-order valence-electron chi connectivity index (χ4n) is 4.59. The second-order valence-electron chi connectivity index (χ2n) is 8.97. The third kappa shape index (κ3) is 4.39. The van der Waals surface area contributed by atoms with Crippen molar-refractivity contribution in [1.82, 2.24) is 20.2 Å². The molecular formula is C24H27F2N7O2. The van der Waals surface area contributed by atoms with Crippen molar-refractivity contribution in [2.45, 2.75) is 25.6 Å². The largest absolute Gasteiger partial charge is 0.474 e. The molecule has 9 nitrogen and oxygen atoms in total. The molecule has 0 bridgehead atoms. The number of rotatable bonds is 3. The molecule has 1 aromatic carbocycles. The van der Waals surface area contributed by atoms with Gasteiger partial charge in [0.2, 0.25) is 5.88 Å². The summed E-state index contributed by atoms with van der Waals surface area (Å²) in [5.41, 5.74) is 8.45. The highest BCUT2D eigenvalue weighted by molar-refractivity contribution is 6.00. The molecule has 4 heterocycles. The Bertz CT molecular complexity index is 1300. The van der Waals surface area contributed by atoms with E-state index in [1.807, 2.05) is 18.9 Å². The van der Waals surface area contributed by atoms with E-state index >= 15 is 4.39 Å². The van der Waals surface area contributed by atoms with Crippen LogP contribution in [0, 0.1) is 12.7 Å². The van der Waals surface area contributed by atoms with Crippen LogP contribution in [0.25, 0.3) is 21.9 Å². The van der Waals surface area contributed by atoms with Gasteiger partial charge in [-0.3, -0.25) is 5.32 Å². The second kappa shape index (κ2) is 9.14. The maximum Gasteiger partial charge on any atom is 0.320 e. The standard InChI is InChI=1S/C24H27F2N7O2/c1-12-15(9-30-23-22(12)28-4-6-35-23)14-7-13-8-19(29-10-16(13)21(27)20(14)26)32-24(34)31-18-3-5-33(2)11-17(18)25/h7-10,17-18,28H,3-6,11,27H2,1-2H3,(H2,29,31,32,34)/t17-,18-/m1/s1. The molecule has 3 aromatic rings. The number of nitrogens with zero attached hydrogens (tertiary/aromatic N) is 3. The Kier molecular flexibility index (Phi) is 6.01. The minimum Gasteiger partial charge on any atom is -0.474 e.